The van der Waals surface area contributed by atoms with Gasteiger partial charge in [-0.2, -0.15) is 0 Å². The van der Waals surface area contributed by atoms with E-state index in [1.165, 1.54) is 18.8 Å². The Balaban J connectivity index is 1.57. The van der Waals surface area contributed by atoms with Crippen molar-refractivity contribution in [1.29, 1.82) is 0 Å². The molecule has 1 aromatic heterocycles. The van der Waals surface area contributed by atoms with E-state index >= 15 is 0 Å². The molecule has 0 unspecified atom stereocenters. The summed E-state index contributed by atoms with van der Waals surface area (Å²) in [5.41, 5.74) is 1.17. The second kappa shape index (κ2) is 6.30. The van der Waals surface area contributed by atoms with E-state index < -0.39 is 0 Å². The second-order valence-corrected chi connectivity index (χ2v) is 5.19. The first kappa shape index (κ1) is 12.0. The molecule has 1 fully saturated rings. The fraction of sp³-hybridized carbons (Fsp3) is 0.727. The average Bonchev–Trinajstić information content (AvgIpc) is 2.72. The van der Waals surface area contributed by atoms with E-state index in [4.69, 9.17) is 0 Å². The molecule has 90 valence electrons. The van der Waals surface area contributed by atoms with Gasteiger partial charge in [0.15, 0.2) is 0 Å². The van der Waals surface area contributed by atoms with Crippen LogP contribution in [0.2, 0.25) is 0 Å². The highest BCUT2D eigenvalue weighted by molar-refractivity contribution is 7.09. The number of aryl methyl sites for hydroxylation is 1. The molecule has 0 spiro atoms. The van der Waals surface area contributed by atoms with Gasteiger partial charge >= 0.3 is 0 Å². The fourth-order valence-electron chi connectivity index (χ4n) is 1.88. The Hall–Kier alpha value is -0.490. The maximum Gasteiger partial charge on any atom is 0.0897 e. The van der Waals surface area contributed by atoms with Crippen molar-refractivity contribution in [1.82, 2.24) is 20.5 Å². The summed E-state index contributed by atoms with van der Waals surface area (Å²) in [5.74, 6) is 0. The van der Waals surface area contributed by atoms with Gasteiger partial charge in [0.25, 0.3) is 0 Å². The average molecular weight is 240 g/mol. The third kappa shape index (κ3) is 3.83. The summed E-state index contributed by atoms with van der Waals surface area (Å²) in [6, 6.07) is 0. The number of aromatic nitrogens is 1. The summed E-state index contributed by atoms with van der Waals surface area (Å²) < 4.78 is 0. The van der Waals surface area contributed by atoms with Crippen molar-refractivity contribution >= 4 is 11.3 Å². The number of hydrogen-bond donors (Lipinski definition) is 2. The first-order valence-corrected chi connectivity index (χ1v) is 6.77. The molecular formula is C11H20N4S. The fourth-order valence-corrected chi connectivity index (χ4v) is 2.49. The summed E-state index contributed by atoms with van der Waals surface area (Å²) in [6.07, 6.45) is 0. The van der Waals surface area contributed by atoms with Crippen LogP contribution in [0.4, 0.5) is 0 Å². The molecule has 0 saturated carbocycles. The summed E-state index contributed by atoms with van der Waals surface area (Å²) in [5, 5.41) is 10.1. The van der Waals surface area contributed by atoms with Crippen LogP contribution in [0.15, 0.2) is 5.38 Å². The van der Waals surface area contributed by atoms with Crippen LogP contribution in [0.25, 0.3) is 0 Å². The largest absolute Gasteiger partial charge is 0.314 e. The zero-order valence-electron chi connectivity index (χ0n) is 9.83. The monoisotopic (exact) mass is 240 g/mol. The molecule has 0 aliphatic carbocycles. The molecule has 0 bridgehead atoms. The molecule has 0 amide bonds. The predicted molar refractivity (Wildman–Crippen MR) is 67.9 cm³/mol. The first-order chi connectivity index (χ1) is 7.84. The highest BCUT2D eigenvalue weighted by atomic mass is 32.1. The zero-order chi connectivity index (χ0) is 11.2. The Bertz CT molecular complexity index is 307. The van der Waals surface area contributed by atoms with Gasteiger partial charge in [0.2, 0.25) is 0 Å². The molecule has 4 nitrogen and oxygen atoms in total. The molecule has 5 heteroatoms. The summed E-state index contributed by atoms with van der Waals surface area (Å²) >= 11 is 1.72. The predicted octanol–water partition coefficient (Wildman–Crippen LogP) is 0.446. The lowest BCUT2D eigenvalue weighted by molar-refractivity contribution is 0.241. The highest BCUT2D eigenvalue weighted by Crippen LogP contribution is 2.06. The van der Waals surface area contributed by atoms with Crippen molar-refractivity contribution in [3.05, 3.63) is 16.1 Å². The van der Waals surface area contributed by atoms with E-state index in [1.54, 1.807) is 11.3 Å². The minimum absolute atomic E-state index is 0.899. The van der Waals surface area contributed by atoms with Crippen LogP contribution in [0.1, 0.15) is 10.7 Å². The molecule has 2 N–H and O–H groups in total. The minimum atomic E-state index is 0.899. The lowest BCUT2D eigenvalue weighted by Gasteiger charge is -2.27. The standard InChI is InChI=1S/C11H20N4S/c1-10-14-11(9-16-10)8-13-4-7-15-5-2-12-3-6-15/h9,12-13H,2-8H2,1H3. The van der Waals surface area contributed by atoms with Crippen LogP contribution in [0, 0.1) is 6.92 Å². The van der Waals surface area contributed by atoms with Crippen molar-refractivity contribution in [2.75, 3.05) is 39.3 Å². The van der Waals surface area contributed by atoms with Gasteiger partial charge in [-0.15, -0.1) is 11.3 Å². The van der Waals surface area contributed by atoms with Gasteiger partial charge in [-0.3, -0.25) is 4.90 Å². The molecule has 2 heterocycles. The van der Waals surface area contributed by atoms with Crippen molar-refractivity contribution in [3.8, 4) is 0 Å². The van der Waals surface area contributed by atoms with Crippen molar-refractivity contribution in [2.45, 2.75) is 13.5 Å². The number of hydrogen-bond acceptors (Lipinski definition) is 5. The normalized spacial score (nSPS) is 17.8. The lowest BCUT2D eigenvalue weighted by Crippen LogP contribution is -2.45. The van der Waals surface area contributed by atoms with Crippen LogP contribution >= 0.6 is 11.3 Å². The first-order valence-electron chi connectivity index (χ1n) is 5.89. The summed E-state index contributed by atoms with van der Waals surface area (Å²) in [7, 11) is 0. The van der Waals surface area contributed by atoms with Gasteiger partial charge in [-0.1, -0.05) is 0 Å². The third-order valence-corrected chi connectivity index (χ3v) is 3.61. The van der Waals surface area contributed by atoms with Crippen molar-refractivity contribution < 1.29 is 0 Å². The highest BCUT2D eigenvalue weighted by Gasteiger charge is 2.08. The van der Waals surface area contributed by atoms with E-state index in [-0.39, 0.29) is 0 Å². The molecule has 0 radical (unpaired) electrons. The Morgan fingerprint density at radius 2 is 2.31 bits per heavy atom. The molecule has 0 aromatic carbocycles. The summed E-state index contributed by atoms with van der Waals surface area (Å²) in [6.45, 7) is 9.76. The number of thiazole rings is 1. The smallest absolute Gasteiger partial charge is 0.0897 e. The van der Waals surface area contributed by atoms with Gasteiger partial charge in [-0.05, 0) is 6.92 Å². The van der Waals surface area contributed by atoms with Gasteiger partial charge < -0.3 is 10.6 Å². The van der Waals surface area contributed by atoms with Crippen LogP contribution in [0.5, 0.6) is 0 Å². The molecule has 1 aliphatic heterocycles. The van der Waals surface area contributed by atoms with Gasteiger partial charge in [0.1, 0.15) is 0 Å². The second-order valence-electron chi connectivity index (χ2n) is 4.13. The van der Waals surface area contributed by atoms with Crippen LogP contribution in [-0.4, -0.2) is 49.2 Å². The number of rotatable bonds is 5. The maximum absolute atomic E-state index is 4.43. The van der Waals surface area contributed by atoms with Crippen molar-refractivity contribution in [2.24, 2.45) is 0 Å². The van der Waals surface area contributed by atoms with Crippen molar-refractivity contribution in [3.63, 3.8) is 0 Å². The van der Waals surface area contributed by atoms with Crippen LogP contribution in [-0.2, 0) is 6.54 Å². The molecule has 16 heavy (non-hydrogen) atoms. The molecule has 1 aromatic rings. The van der Waals surface area contributed by atoms with E-state index in [1.807, 2.05) is 0 Å². The summed E-state index contributed by atoms with van der Waals surface area (Å²) in [4.78, 5) is 6.92. The topological polar surface area (TPSA) is 40.2 Å². The molecular weight excluding hydrogens is 220 g/mol. The number of nitrogens with one attached hydrogen (secondary N) is 2. The Morgan fingerprint density at radius 1 is 1.50 bits per heavy atom. The lowest BCUT2D eigenvalue weighted by atomic mass is 10.3. The molecule has 1 aliphatic rings. The van der Waals surface area contributed by atoms with Crippen LogP contribution in [0.3, 0.4) is 0 Å². The minimum Gasteiger partial charge on any atom is -0.314 e. The van der Waals surface area contributed by atoms with Gasteiger partial charge in [0.05, 0.1) is 10.7 Å². The quantitative estimate of drug-likeness (QED) is 0.733. The zero-order valence-corrected chi connectivity index (χ0v) is 10.6. The van der Waals surface area contributed by atoms with E-state index in [0.29, 0.717) is 0 Å². The number of piperazine rings is 1. The third-order valence-electron chi connectivity index (χ3n) is 2.79. The number of nitrogens with zero attached hydrogens (tertiary/aromatic N) is 2. The van der Waals surface area contributed by atoms with E-state index in [0.717, 1.165) is 37.7 Å². The molecule has 0 atom stereocenters. The van der Waals surface area contributed by atoms with Gasteiger partial charge in [0, 0.05) is 51.2 Å². The van der Waals surface area contributed by atoms with E-state index in [9.17, 15) is 0 Å². The van der Waals surface area contributed by atoms with E-state index in [2.05, 4.69) is 32.8 Å². The molecule has 1 saturated heterocycles. The SMILES string of the molecule is Cc1nc(CNCCN2CCNCC2)cs1. The molecule has 2 rings (SSSR count). The Labute approximate surface area is 101 Å². The Kier molecular flexibility index (Phi) is 4.71. The Morgan fingerprint density at radius 3 is 3.00 bits per heavy atom. The maximum atomic E-state index is 4.43. The van der Waals surface area contributed by atoms with Gasteiger partial charge in [-0.25, -0.2) is 4.98 Å². The van der Waals surface area contributed by atoms with Crippen LogP contribution < -0.4 is 10.6 Å².